The summed E-state index contributed by atoms with van der Waals surface area (Å²) >= 11 is 0. The molecule has 0 aliphatic carbocycles. The standard InChI is InChI=1S/C32H38F3N5O4/c1-31(2,3)24-6-4-22(5-7-24)20-44-27-21-43-25(18-26(27)41)19-38-14-16-39(17-15-38)29(42)23-9-12-40(13-10-23)30-36-11-8-28(37-30)32(33,34)35/h4-8,11,18,21,23H,9-10,12-17,19-20H2,1-3H3. The van der Waals surface area contributed by atoms with Crippen molar-refractivity contribution >= 4 is 11.9 Å². The highest BCUT2D eigenvalue weighted by molar-refractivity contribution is 5.79. The molecule has 0 saturated carbocycles. The van der Waals surface area contributed by atoms with E-state index in [0.29, 0.717) is 64.4 Å². The minimum Gasteiger partial charge on any atom is -0.482 e. The highest BCUT2D eigenvalue weighted by Gasteiger charge is 2.35. The van der Waals surface area contributed by atoms with Gasteiger partial charge in [-0.05, 0) is 35.4 Å². The van der Waals surface area contributed by atoms with Gasteiger partial charge in [0.25, 0.3) is 0 Å². The van der Waals surface area contributed by atoms with Gasteiger partial charge in [0.05, 0.1) is 6.54 Å². The lowest BCUT2D eigenvalue weighted by Crippen LogP contribution is -2.51. The van der Waals surface area contributed by atoms with E-state index < -0.39 is 11.9 Å². The fourth-order valence-corrected chi connectivity index (χ4v) is 5.48. The van der Waals surface area contributed by atoms with E-state index >= 15 is 0 Å². The molecule has 0 atom stereocenters. The van der Waals surface area contributed by atoms with Gasteiger partial charge in [-0.3, -0.25) is 14.5 Å². The van der Waals surface area contributed by atoms with Crippen LogP contribution >= 0.6 is 0 Å². The zero-order valence-electron chi connectivity index (χ0n) is 25.3. The van der Waals surface area contributed by atoms with Gasteiger partial charge in [0.1, 0.15) is 24.3 Å². The monoisotopic (exact) mass is 613 g/mol. The van der Waals surface area contributed by atoms with Crippen LogP contribution in [0.15, 0.2) is 58.1 Å². The number of carbonyl (C=O) groups is 1. The summed E-state index contributed by atoms with van der Waals surface area (Å²) in [5.41, 5.74) is 1.04. The molecule has 2 fully saturated rings. The number of aromatic nitrogens is 2. The lowest BCUT2D eigenvalue weighted by atomic mass is 9.87. The Morgan fingerprint density at radius 3 is 2.30 bits per heavy atom. The molecule has 44 heavy (non-hydrogen) atoms. The zero-order chi connectivity index (χ0) is 31.5. The van der Waals surface area contributed by atoms with Crippen molar-refractivity contribution in [2.45, 2.75) is 58.4 Å². The van der Waals surface area contributed by atoms with E-state index in [0.717, 1.165) is 17.8 Å². The minimum absolute atomic E-state index is 0.0384. The highest BCUT2D eigenvalue weighted by atomic mass is 19.4. The van der Waals surface area contributed by atoms with Crippen molar-refractivity contribution in [2.75, 3.05) is 44.2 Å². The normalized spacial score (nSPS) is 17.1. The molecule has 9 nitrogen and oxygen atoms in total. The molecule has 3 aromatic rings. The molecule has 0 unspecified atom stereocenters. The summed E-state index contributed by atoms with van der Waals surface area (Å²) in [5, 5.41) is 0. The van der Waals surface area contributed by atoms with Crippen molar-refractivity contribution in [1.29, 1.82) is 0 Å². The Morgan fingerprint density at radius 1 is 1.00 bits per heavy atom. The smallest absolute Gasteiger partial charge is 0.433 e. The summed E-state index contributed by atoms with van der Waals surface area (Å²) in [6.07, 6.45) is -1.00. The molecular formula is C32H38F3N5O4. The average Bonchev–Trinajstić information content (AvgIpc) is 3.00. The number of nitrogens with zero attached hydrogens (tertiary/aromatic N) is 5. The number of carbonyl (C=O) groups excluding carboxylic acids is 1. The van der Waals surface area contributed by atoms with E-state index in [-0.39, 0.29) is 41.0 Å². The molecule has 4 heterocycles. The summed E-state index contributed by atoms with van der Waals surface area (Å²) in [6.45, 7) is 10.4. The van der Waals surface area contributed by atoms with E-state index in [1.54, 1.807) is 4.90 Å². The molecule has 2 aromatic heterocycles. The number of piperidine rings is 1. The molecule has 0 radical (unpaired) electrons. The van der Waals surface area contributed by atoms with Crippen LogP contribution in [-0.2, 0) is 29.5 Å². The number of ether oxygens (including phenoxy) is 1. The molecule has 1 aromatic carbocycles. The van der Waals surface area contributed by atoms with Crippen LogP contribution in [0.25, 0.3) is 0 Å². The Balaban J connectivity index is 1.06. The van der Waals surface area contributed by atoms with Crippen LogP contribution in [0.3, 0.4) is 0 Å². The predicted molar refractivity (Wildman–Crippen MR) is 158 cm³/mol. The Labute approximate surface area is 254 Å². The first-order chi connectivity index (χ1) is 20.9. The molecule has 5 rings (SSSR count). The number of halogens is 3. The van der Waals surface area contributed by atoms with E-state index in [4.69, 9.17) is 9.15 Å². The van der Waals surface area contributed by atoms with Crippen molar-refractivity contribution in [1.82, 2.24) is 19.8 Å². The molecule has 2 saturated heterocycles. The Morgan fingerprint density at radius 2 is 1.68 bits per heavy atom. The number of alkyl halides is 3. The zero-order valence-corrected chi connectivity index (χ0v) is 25.3. The third-order valence-electron chi connectivity index (χ3n) is 8.19. The third-order valence-corrected chi connectivity index (χ3v) is 8.19. The number of amides is 1. The molecule has 1 amide bonds. The van der Waals surface area contributed by atoms with Crippen LogP contribution in [-0.4, -0.2) is 64.9 Å². The molecule has 0 bridgehead atoms. The van der Waals surface area contributed by atoms with Crippen LogP contribution < -0.4 is 15.1 Å². The number of benzene rings is 1. The maximum Gasteiger partial charge on any atom is 0.433 e. The minimum atomic E-state index is -4.53. The van der Waals surface area contributed by atoms with Crippen LogP contribution in [0.4, 0.5) is 19.1 Å². The number of anilines is 1. The SMILES string of the molecule is CC(C)(C)c1ccc(COc2coc(CN3CCN(C(=O)C4CCN(c5nccc(C(F)(F)F)n5)CC4)CC3)cc2=O)cc1. The van der Waals surface area contributed by atoms with Crippen molar-refractivity contribution < 1.29 is 27.1 Å². The van der Waals surface area contributed by atoms with Gasteiger partial charge in [0.2, 0.25) is 23.0 Å². The second-order valence-electron chi connectivity index (χ2n) is 12.4. The Hall–Kier alpha value is -3.93. The van der Waals surface area contributed by atoms with Crippen molar-refractivity contribution in [3.8, 4) is 5.75 Å². The van der Waals surface area contributed by atoms with Crippen molar-refractivity contribution in [2.24, 2.45) is 5.92 Å². The van der Waals surface area contributed by atoms with E-state index in [2.05, 4.69) is 47.8 Å². The topological polar surface area (TPSA) is 92.0 Å². The molecule has 2 aliphatic heterocycles. The summed E-state index contributed by atoms with van der Waals surface area (Å²) in [4.78, 5) is 39.2. The van der Waals surface area contributed by atoms with Crippen molar-refractivity contribution in [3.63, 3.8) is 0 Å². The Kier molecular flexibility index (Phi) is 9.28. The first-order valence-electron chi connectivity index (χ1n) is 14.9. The molecular weight excluding hydrogens is 575 g/mol. The summed E-state index contributed by atoms with van der Waals surface area (Å²) < 4.78 is 50.5. The Bertz CT molecular complexity index is 1490. The maximum absolute atomic E-state index is 13.2. The van der Waals surface area contributed by atoms with Gasteiger partial charge in [-0.1, -0.05) is 45.0 Å². The quantitative estimate of drug-likeness (QED) is 0.372. The maximum atomic E-state index is 13.2. The largest absolute Gasteiger partial charge is 0.482 e. The first-order valence-corrected chi connectivity index (χ1v) is 14.9. The number of rotatable bonds is 7. The summed E-state index contributed by atoms with van der Waals surface area (Å²) in [6, 6.07) is 10.4. The average molecular weight is 614 g/mol. The van der Waals surface area contributed by atoms with Gasteiger partial charge in [0.15, 0.2) is 0 Å². The fourth-order valence-electron chi connectivity index (χ4n) is 5.48. The number of hydrogen-bond acceptors (Lipinski definition) is 8. The third kappa shape index (κ3) is 7.77. The summed E-state index contributed by atoms with van der Waals surface area (Å²) in [7, 11) is 0. The number of piperazine rings is 1. The summed E-state index contributed by atoms with van der Waals surface area (Å²) in [5.74, 6) is 0.605. The number of hydrogen-bond donors (Lipinski definition) is 0. The molecule has 236 valence electrons. The predicted octanol–water partition coefficient (Wildman–Crippen LogP) is 4.89. The fraction of sp³-hybridized carbons (Fsp3) is 0.500. The lowest BCUT2D eigenvalue weighted by molar-refractivity contribution is -0.141. The van der Waals surface area contributed by atoms with Gasteiger partial charge in [0, 0.05) is 57.4 Å². The van der Waals surface area contributed by atoms with Gasteiger partial charge in [-0.2, -0.15) is 13.2 Å². The van der Waals surface area contributed by atoms with Crippen LogP contribution in [0.2, 0.25) is 0 Å². The molecule has 12 heteroatoms. The van der Waals surface area contributed by atoms with Crippen molar-refractivity contribution in [3.05, 3.63) is 81.7 Å². The van der Waals surface area contributed by atoms with Crippen LogP contribution in [0, 0.1) is 5.92 Å². The van der Waals surface area contributed by atoms with Crippen LogP contribution in [0.1, 0.15) is 56.2 Å². The van der Waals surface area contributed by atoms with Gasteiger partial charge in [-0.25, -0.2) is 9.97 Å². The molecule has 0 N–H and O–H groups in total. The first kappa shape index (κ1) is 31.5. The second kappa shape index (κ2) is 13.0. The second-order valence-corrected chi connectivity index (χ2v) is 12.4. The van der Waals surface area contributed by atoms with Gasteiger partial charge < -0.3 is 19.0 Å². The van der Waals surface area contributed by atoms with E-state index in [9.17, 15) is 22.8 Å². The van der Waals surface area contributed by atoms with E-state index in [1.807, 2.05) is 17.0 Å². The van der Waals surface area contributed by atoms with Gasteiger partial charge in [-0.15, -0.1) is 0 Å². The van der Waals surface area contributed by atoms with Gasteiger partial charge >= 0.3 is 6.18 Å². The molecule has 2 aliphatic rings. The van der Waals surface area contributed by atoms with Crippen LogP contribution in [0.5, 0.6) is 5.75 Å². The van der Waals surface area contributed by atoms with E-state index in [1.165, 1.54) is 17.9 Å². The highest BCUT2D eigenvalue weighted by Crippen LogP contribution is 2.29. The lowest BCUT2D eigenvalue weighted by Gasteiger charge is -2.38. The molecule has 0 spiro atoms.